The Labute approximate surface area is 163 Å². The Hall–Kier alpha value is -2.98. The summed E-state index contributed by atoms with van der Waals surface area (Å²) in [7, 11) is 0. The van der Waals surface area contributed by atoms with Crippen LogP contribution in [0.15, 0.2) is 66.7 Å². The summed E-state index contributed by atoms with van der Waals surface area (Å²) < 4.78 is 5.98. The second-order valence-corrected chi connectivity index (χ2v) is 6.64. The van der Waals surface area contributed by atoms with E-state index < -0.39 is 5.97 Å². The molecule has 138 valence electrons. The molecular formula is C22H20ClNO3. The predicted octanol–water partition coefficient (Wildman–Crippen LogP) is 5.54. The van der Waals surface area contributed by atoms with Gasteiger partial charge in [-0.25, -0.2) is 4.79 Å². The number of hydrogen-bond donors (Lipinski definition) is 2. The van der Waals surface area contributed by atoms with E-state index in [-0.39, 0.29) is 5.56 Å². The molecule has 0 aliphatic rings. The maximum atomic E-state index is 11.1. The largest absolute Gasteiger partial charge is 0.489 e. The highest BCUT2D eigenvalue weighted by atomic mass is 35.5. The second kappa shape index (κ2) is 8.60. The number of carbonyl (C=O) groups is 1. The zero-order chi connectivity index (χ0) is 19.2. The molecule has 0 aromatic heterocycles. The molecule has 3 aromatic carbocycles. The van der Waals surface area contributed by atoms with Gasteiger partial charge in [0.05, 0.1) is 16.3 Å². The molecule has 0 fully saturated rings. The third-order valence-corrected chi connectivity index (χ3v) is 4.50. The fraction of sp³-hybridized carbons (Fsp3) is 0.136. The Kier molecular flexibility index (Phi) is 5.99. The SMILES string of the molecule is Cc1ccc(COc2ccccc2CNc2cc(C(=O)O)ccc2Cl)cc1. The molecule has 0 saturated heterocycles. The van der Waals surface area contributed by atoms with Crippen LogP contribution in [0, 0.1) is 6.92 Å². The van der Waals surface area contributed by atoms with Crippen molar-refractivity contribution in [1.29, 1.82) is 0 Å². The highest BCUT2D eigenvalue weighted by Crippen LogP contribution is 2.26. The molecular weight excluding hydrogens is 362 g/mol. The fourth-order valence-electron chi connectivity index (χ4n) is 2.62. The second-order valence-electron chi connectivity index (χ2n) is 6.24. The van der Waals surface area contributed by atoms with E-state index in [4.69, 9.17) is 21.4 Å². The lowest BCUT2D eigenvalue weighted by Crippen LogP contribution is -2.05. The highest BCUT2D eigenvalue weighted by molar-refractivity contribution is 6.33. The van der Waals surface area contributed by atoms with Crippen LogP contribution >= 0.6 is 11.6 Å². The smallest absolute Gasteiger partial charge is 0.335 e. The molecule has 0 unspecified atom stereocenters. The zero-order valence-corrected chi connectivity index (χ0v) is 15.7. The first-order valence-electron chi connectivity index (χ1n) is 8.56. The Balaban J connectivity index is 1.70. The molecule has 5 heteroatoms. The Bertz CT molecular complexity index is 939. The number of anilines is 1. The van der Waals surface area contributed by atoms with E-state index in [0.29, 0.717) is 23.9 Å². The molecule has 0 radical (unpaired) electrons. The van der Waals surface area contributed by atoms with Crippen molar-refractivity contribution in [3.05, 3.63) is 94.0 Å². The van der Waals surface area contributed by atoms with E-state index in [1.165, 1.54) is 17.7 Å². The normalized spacial score (nSPS) is 10.4. The average molecular weight is 382 g/mol. The van der Waals surface area contributed by atoms with Crippen molar-refractivity contribution in [3.8, 4) is 5.75 Å². The number of carboxylic acid groups (broad SMARTS) is 1. The van der Waals surface area contributed by atoms with Gasteiger partial charge in [0.2, 0.25) is 0 Å². The quantitative estimate of drug-likeness (QED) is 0.564. The number of rotatable bonds is 7. The molecule has 0 saturated carbocycles. The fourth-order valence-corrected chi connectivity index (χ4v) is 2.80. The van der Waals surface area contributed by atoms with Crippen molar-refractivity contribution in [1.82, 2.24) is 0 Å². The number of carboxylic acids is 1. The summed E-state index contributed by atoms with van der Waals surface area (Å²) in [6, 6.07) is 20.5. The minimum Gasteiger partial charge on any atom is -0.489 e. The lowest BCUT2D eigenvalue weighted by molar-refractivity contribution is 0.0697. The van der Waals surface area contributed by atoms with E-state index in [9.17, 15) is 4.79 Å². The summed E-state index contributed by atoms with van der Waals surface area (Å²) in [6.07, 6.45) is 0. The van der Waals surface area contributed by atoms with Gasteiger partial charge < -0.3 is 15.2 Å². The van der Waals surface area contributed by atoms with Crippen LogP contribution < -0.4 is 10.1 Å². The van der Waals surface area contributed by atoms with Crippen LogP contribution in [0.25, 0.3) is 0 Å². The van der Waals surface area contributed by atoms with Gasteiger partial charge in [-0.2, -0.15) is 0 Å². The van der Waals surface area contributed by atoms with Crippen molar-refractivity contribution >= 4 is 23.3 Å². The van der Waals surface area contributed by atoms with Gasteiger partial charge in [0.15, 0.2) is 0 Å². The summed E-state index contributed by atoms with van der Waals surface area (Å²) in [5, 5.41) is 12.8. The van der Waals surface area contributed by atoms with E-state index in [1.807, 2.05) is 36.4 Å². The highest BCUT2D eigenvalue weighted by Gasteiger charge is 2.09. The van der Waals surface area contributed by atoms with E-state index in [1.54, 1.807) is 6.07 Å². The number of nitrogens with one attached hydrogen (secondary N) is 1. The lowest BCUT2D eigenvalue weighted by atomic mass is 10.1. The topological polar surface area (TPSA) is 58.6 Å². The number of para-hydroxylation sites is 1. The van der Waals surface area contributed by atoms with Crippen LogP contribution in [0.1, 0.15) is 27.0 Å². The van der Waals surface area contributed by atoms with Gasteiger partial charge in [-0.05, 0) is 36.8 Å². The standard InChI is InChI=1S/C22H20ClNO3/c1-15-6-8-16(9-7-15)14-27-21-5-3-2-4-18(21)13-24-20-12-17(22(25)26)10-11-19(20)23/h2-12,24H,13-14H2,1H3,(H,25,26). The number of aromatic carboxylic acids is 1. The lowest BCUT2D eigenvalue weighted by Gasteiger charge is -2.14. The van der Waals surface area contributed by atoms with Crippen LogP contribution in [0.5, 0.6) is 5.75 Å². The molecule has 3 rings (SSSR count). The number of hydrogen-bond acceptors (Lipinski definition) is 3. The molecule has 0 amide bonds. The van der Waals surface area contributed by atoms with Gasteiger partial charge in [-0.15, -0.1) is 0 Å². The van der Waals surface area contributed by atoms with Gasteiger partial charge in [0.25, 0.3) is 0 Å². The van der Waals surface area contributed by atoms with Gasteiger partial charge >= 0.3 is 5.97 Å². The van der Waals surface area contributed by atoms with Crippen molar-refractivity contribution in [3.63, 3.8) is 0 Å². The Morgan fingerprint density at radius 2 is 1.81 bits per heavy atom. The van der Waals surface area contributed by atoms with Crippen LogP contribution in [-0.4, -0.2) is 11.1 Å². The van der Waals surface area contributed by atoms with E-state index in [0.717, 1.165) is 16.9 Å². The van der Waals surface area contributed by atoms with Crippen molar-refractivity contribution in [2.45, 2.75) is 20.1 Å². The minimum atomic E-state index is -0.989. The minimum absolute atomic E-state index is 0.186. The molecule has 0 atom stereocenters. The predicted molar refractivity (Wildman–Crippen MR) is 108 cm³/mol. The van der Waals surface area contributed by atoms with Gasteiger partial charge in [0.1, 0.15) is 12.4 Å². The van der Waals surface area contributed by atoms with Gasteiger partial charge in [-0.3, -0.25) is 0 Å². The first-order chi connectivity index (χ1) is 13.0. The average Bonchev–Trinajstić information content (AvgIpc) is 2.67. The first kappa shape index (κ1) is 18.8. The van der Waals surface area contributed by atoms with E-state index >= 15 is 0 Å². The summed E-state index contributed by atoms with van der Waals surface area (Å²) in [5.74, 6) is -0.215. The maximum Gasteiger partial charge on any atom is 0.335 e. The Morgan fingerprint density at radius 3 is 2.56 bits per heavy atom. The van der Waals surface area contributed by atoms with Crippen molar-refractivity contribution in [2.75, 3.05) is 5.32 Å². The number of aryl methyl sites for hydroxylation is 1. The molecule has 0 heterocycles. The number of ether oxygens (including phenoxy) is 1. The molecule has 4 nitrogen and oxygen atoms in total. The molecule has 27 heavy (non-hydrogen) atoms. The van der Waals surface area contributed by atoms with Crippen molar-refractivity contribution in [2.24, 2.45) is 0 Å². The number of halogens is 1. The van der Waals surface area contributed by atoms with Crippen LogP contribution in [0.3, 0.4) is 0 Å². The van der Waals surface area contributed by atoms with Gasteiger partial charge in [-0.1, -0.05) is 59.6 Å². The monoisotopic (exact) mass is 381 g/mol. The first-order valence-corrected chi connectivity index (χ1v) is 8.93. The third-order valence-electron chi connectivity index (χ3n) is 4.17. The molecule has 0 bridgehead atoms. The zero-order valence-electron chi connectivity index (χ0n) is 14.9. The maximum absolute atomic E-state index is 11.1. The summed E-state index contributed by atoms with van der Waals surface area (Å²) in [5.41, 5.74) is 4.03. The molecule has 0 aliphatic heterocycles. The van der Waals surface area contributed by atoms with Gasteiger partial charge in [0, 0.05) is 12.1 Å². The molecule has 0 spiro atoms. The van der Waals surface area contributed by atoms with Crippen molar-refractivity contribution < 1.29 is 14.6 Å². The third kappa shape index (κ3) is 5.02. The summed E-state index contributed by atoms with van der Waals surface area (Å²) >= 11 is 6.17. The summed E-state index contributed by atoms with van der Waals surface area (Å²) in [4.78, 5) is 11.1. The Morgan fingerprint density at radius 1 is 1.07 bits per heavy atom. The van der Waals surface area contributed by atoms with Crippen LogP contribution in [-0.2, 0) is 13.2 Å². The molecule has 0 aliphatic carbocycles. The van der Waals surface area contributed by atoms with E-state index in [2.05, 4.69) is 24.4 Å². The molecule has 3 aromatic rings. The number of benzene rings is 3. The van der Waals surface area contributed by atoms with Crippen LogP contribution in [0.4, 0.5) is 5.69 Å². The molecule has 2 N–H and O–H groups in total. The summed E-state index contributed by atoms with van der Waals surface area (Å²) in [6.45, 7) is 3.00. The van der Waals surface area contributed by atoms with Crippen LogP contribution in [0.2, 0.25) is 5.02 Å².